The summed E-state index contributed by atoms with van der Waals surface area (Å²) in [6.07, 6.45) is 0.955. The van der Waals surface area contributed by atoms with Gasteiger partial charge in [-0.2, -0.15) is 0 Å². The van der Waals surface area contributed by atoms with E-state index in [4.69, 9.17) is 4.74 Å². The van der Waals surface area contributed by atoms with Gasteiger partial charge in [-0.3, -0.25) is 9.69 Å². The molecule has 1 N–H and O–H groups in total. The Morgan fingerprint density at radius 2 is 2.20 bits per heavy atom. The summed E-state index contributed by atoms with van der Waals surface area (Å²) in [7, 11) is 0. The van der Waals surface area contributed by atoms with Crippen molar-refractivity contribution < 1.29 is 9.53 Å². The Balaban J connectivity index is 2.01. The van der Waals surface area contributed by atoms with Gasteiger partial charge in [0.25, 0.3) is 0 Å². The lowest BCUT2D eigenvalue weighted by Crippen LogP contribution is -2.58. The number of nitrogens with one attached hydrogen (secondary N) is 1. The minimum atomic E-state index is -0.164. The van der Waals surface area contributed by atoms with Crippen LogP contribution in [-0.2, 0) is 16.0 Å². The summed E-state index contributed by atoms with van der Waals surface area (Å²) in [4.78, 5) is 14.3. The van der Waals surface area contributed by atoms with Crippen molar-refractivity contribution in [1.29, 1.82) is 0 Å². The van der Waals surface area contributed by atoms with E-state index < -0.39 is 0 Å². The molecule has 0 amide bonds. The number of esters is 1. The number of hydrogen-bond donors (Lipinski definition) is 1. The molecule has 20 heavy (non-hydrogen) atoms. The highest BCUT2D eigenvalue weighted by atomic mass is 16.5. The van der Waals surface area contributed by atoms with Gasteiger partial charge < -0.3 is 10.1 Å². The standard InChI is InChI=1S/C16H24N2O2/c1-3-20-16(19)15-12-17-9-10-18(15)13(2)11-14-7-5-4-6-8-14/h4-8,13,15,17H,3,9-12H2,1-2H3. The Labute approximate surface area is 121 Å². The SMILES string of the molecule is CCOC(=O)C1CNCCN1C(C)Cc1ccccc1. The van der Waals surface area contributed by atoms with E-state index in [2.05, 4.69) is 41.4 Å². The quantitative estimate of drug-likeness (QED) is 0.827. The van der Waals surface area contributed by atoms with Crippen LogP contribution in [0.2, 0.25) is 0 Å². The molecule has 1 heterocycles. The molecule has 1 aromatic rings. The van der Waals surface area contributed by atoms with Crippen LogP contribution in [-0.4, -0.2) is 49.2 Å². The van der Waals surface area contributed by atoms with Gasteiger partial charge in [0, 0.05) is 25.7 Å². The van der Waals surface area contributed by atoms with Crippen LogP contribution in [0.5, 0.6) is 0 Å². The molecule has 4 nitrogen and oxygen atoms in total. The van der Waals surface area contributed by atoms with Gasteiger partial charge in [0.15, 0.2) is 0 Å². The molecule has 0 bridgehead atoms. The first-order valence-electron chi connectivity index (χ1n) is 7.39. The van der Waals surface area contributed by atoms with Gasteiger partial charge >= 0.3 is 5.97 Å². The van der Waals surface area contributed by atoms with Gasteiger partial charge in [0.1, 0.15) is 6.04 Å². The second-order valence-corrected chi connectivity index (χ2v) is 5.25. The molecular weight excluding hydrogens is 252 g/mol. The second kappa shape index (κ2) is 7.41. The zero-order chi connectivity index (χ0) is 14.4. The Morgan fingerprint density at radius 1 is 1.45 bits per heavy atom. The van der Waals surface area contributed by atoms with Crippen molar-refractivity contribution in [3.63, 3.8) is 0 Å². The molecule has 0 radical (unpaired) electrons. The first-order chi connectivity index (χ1) is 9.72. The van der Waals surface area contributed by atoms with Crippen LogP contribution in [0.1, 0.15) is 19.4 Å². The van der Waals surface area contributed by atoms with E-state index in [9.17, 15) is 4.79 Å². The molecule has 4 heteroatoms. The highest BCUT2D eigenvalue weighted by Crippen LogP contribution is 2.14. The summed E-state index contributed by atoms with van der Waals surface area (Å²) in [5.74, 6) is -0.111. The van der Waals surface area contributed by atoms with E-state index in [1.54, 1.807) is 0 Å². The lowest BCUT2D eigenvalue weighted by atomic mass is 10.0. The summed E-state index contributed by atoms with van der Waals surface area (Å²) < 4.78 is 5.19. The number of benzene rings is 1. The molecule has 1 aliphatic heterocycles. The molecule has 0 aliphatic carbocycles. The fourth-order valence-corrected chi connectivity index (χ4v) is 2.78. The molecule has 1 saturated heterocycles. The molecule has 1 fully saturated rings. The predicted octanol–water partition coefficient (Wildman–Crippen LogP) is 1.45. The fourth-order valence-electron chi connectivity index (χ4n) is 2.78. The molecule has 110 valence electrons. The monoisotopic (exact) mass is 276 g/mol. The van der Waals surface area contributed by atoms with Gasteiger partial charge in [0.2, 0.25) is 0 Å². The average molecular weight is 276 g/mol. The van der Waals surface area contributed by atoms with Crippen molar-refractivity contribution in [3.05, 3.63) is 35.9 Å². The zero-order valence-electron chi connectivity index (χ0n) is 12.3. The van der Waals surface area contributed by atoms with Gasteiger partial charge in [-0.1, -0.05) is 30.3 Å². The van der Waals surface area contributed by atoms with Crippen LogP contribution in [0, 0.1) is 0 Å². The molecule has 2 atom stereocenters. The number of carbonyl (C=O) groups excluding carboxylic acids is 1. The largest absolute Gasteiger partial charge is 0.465 e. The van der Waals surface area contributed by atoms with Crippen molar-refractivity contribution >= 4 is 5.97 Å². The first kappa shape index (κ1) is 15.0. The molecule has 2 rings (SSSR count). The zero-order valence-corrected chi connectivity index (χ0v) is 12.3. The number of piperazine rings is 1. The summed E-state index contributed by atoms with van der Waals surface area (Å²) in [5.41, 5.74) is 1.31. The Hall–Kier alpha value is -1.39. The van der Waals surface area contributed by atoms with Gasteiger partial charge in [-0.05, 0) is 25.8 Å². The normalized spacial score (nSPS) is 21.4. The van der Waals surface area contributed by atoms with E-state index in [-0.39, 0.29) is 12.0 Å². The fraction of sp³-hybridized carbons (Fsp3) is 0.562. The Kier molecular flexibility index (Phi) is 5.56. The highest BCUT2D eigenvalue weighted by molar-refractivity contribution is 5.76. The molecule has 0 spiro atoms. The summed E-state index contributed by atoms with van der Waals surface area (Å²) >= 11 is 0. The highest BCUT2D eigenvalue weighted by Gasteiger charge is 2.32. The molecular formula is C16H24N2O2. The van der Waals surface area contributed by atoms with Crippen molar-refractivity contribution in [2.45, 2.75) is 32.4 Å². The number of rotatable bonds is 5. The van der Waals surface area contributed by atoms with Gasteiger partial charge in [0.05, 0.1) is 6.61 Å². The first-order valence-corrected chi connectivity index (χ1v) is 7.39. The molecule has 1 aliphatic rings. The lowest BCUT2D eigenvalue weighted by molar-refractivity contribution is -0.151. The minimum Gasteiger partial charge on any atom is -0.465 e. The van der Waals surface area contributed by atoms with Gasteiger partial charge in [-0.15, -0.1) is 0 Å². The van der Waals surface area contributed by atoms with E-state index in [0.29, 0.717) is 19.2 Å². The Bertz CT molecular complexity index is 422. The van der Waals surface area contributed by atoms with E-state index in [0.717, 1.165) is 19.5 Å². The molecule has 0 aromatic heterocycles. The molecule has 2 unspecified atom stereocenters. The van der Waals surface area contributed by atoms with E-state index >= 15 is 0 Å². The maximum atomic E-state index is 12.1. The third kappa shape index (κ3) is 3.81. The van der Waals surface area contributed by atoms with Crippen molar-refractivity contribution in [3.8, 4) is 0 Å². The van der Waals surface area contributed by atoms with Crippen LogP contribution in [0.3, 0.4) is 0 Å². The second-order valence-electron chi connectivity index (χ2n) is 5.25. The van der Waals surface area contributed by atoms with Crippen LogP contribution >= 0.6 is 0 Å². The minimum absolute atomic E-state index is 0.111. The van der Waals surface area contributed by atoms with Crippen molar-refractivity contribution in [2.24, 2.45) is 0 Å². The van der Waals surface area contributed by atoms with Crippen molar-refractivity contribution in [2.75, 3.05) is 26.2 Å². The number of ether oxygens (including phenoxy) is 1. The van der Waals surface area contributed by atoms with Crippen LogP contribution in [0.25, 0.3) is 0 Å². The predicted molar refractivity (Wildman–Crippen MR) is 79.6 cm³/mol. The van der Waals surface area contributed by atoms with E-state index in [1.807, 2.05) is 13.0 Å². The molecule has 0 saturated carbocycles. The summed E-state index contributed by atoms with van der Waals surface area (Å²) in [6, 6.07) is 10.6. The lowest BCUT2D eigenvalue weighted by Gasteiger charge is -2.38. The third-order valence-electron chi connectivity index (χ3n) is 3.78. The Morgan fingerprint density at radius 3 is 2.90 bits per heavy atom. The average Bonchev–Trinajstić information content (AvgIpc) is 2.48. The number of nitrogens with zero attached hydrogens (tertiary/aromatic N) is 1. The van der Waals surface area contributed by atoms with Crippen LogP contribution in [0.4, 0.5) is 0 Å². The van der Waals surface area contributed by atoms with Gasteiger partial charge in [-0.25, -0.2) is 0 Å². The maximum Gasteiger partial charge on any atom is 0.324 e. The maximum absolute atomic E-state index is 12.1. The van der Waals surface area contributed by atoms with Crippen LogP contribution < -0.4 is 5.32 Å². The van der Waals surface area contributed by atoms with E-state index in [1.165, 1.54) is 5.56 Å². The van der Waals surface area contributed by atoms with Crippen LogP contribution in [0.15, 0.2) is 30.3 Å². The van der Waals surface area contributed by atoms with Crippen molar-refractivity contribution in [1.82, 2.24) is 10.2 Å². The smallest absolute Gasteiger partial charge is 0.324 e. The summed E-state index contributed by atoms with van der Waals surface area (Å²) in [5, 5.41) is 3.28. The summed E-state index contributed by atoms with van der Waals surface area (Å²) in [6.45, 7) is 6.97. The number of carbonyl (C=O) groups is 1. The number of hydrogen-bond acceptors (Lipinski definition) is 4. The topological polar surface area (TPSA) is 41.6 Å². The molecule has 1 aromatic carbocycles. The third-order valence-corrected chi connectivity index (χ3v) is 3.78.